The molecule has 3 atom stereocenters. The maximum absolute atomic E-state index is 13.0. The van der Waals surface area contributed by atoms with Gasteiger partial charge in [-0.1, -0.05) is 19.0 Å². The van der Waals surface area contributed by atoms with Gasteiger partial charge in [0.05, 0.1) is 17.5 Å². The van der Waals surface area contributed by atoms with Gasteiger partial charge in [-0.15, -0.1) is 0 Å². The van der Waals surface area contributed by atoms with Gasteiger partial charge in [-0.25, -0.2) is 13.2 Å². The lowest BCUT2D eigenvalue weighted by Gasteiger charge is -2.26. The molecule has 3 N–H and O–H groups in total. The molecular weight excluding hydrogens is 440 g/mol. The molecule has 2 unspecified atom stereocenters. The molecule has 2 rings (SSSR count). The lowest BCUT2D eigenvalue weighted by atomic mass is 10.1. The monoisotopic (exact) mass is 474 g/mol. The van der Waals surface area contributed by atoms with Crippen molar-refractivity contribution in [1.29, 1.82) is 0 Å². The van der Waals surface area contributed by atoms with E-state index in [4.69, 9.17) is 9.26 Å². The van der Waals surface area contributed by atoms with Gasteiger partial charge in [0.2, 0.25) is 17.6 Å². The molecule has 0 aromatic carbocycles. The summed E-state index contributed by atoms with van der Waals surface area (Å²) in [5.74, 6) is -0.886. The van der Waals surface area contributed by atoms with Gasteiger partial charge in [-0.2, -0.15) is 4.98 Å². The van der Waals surface area contributed by atoms with Crippen molar-refractivity contribution in [3.05, 3.63) is 11.7 Å². The summed E-state index contributed by atoms with van der Waals surface area (Å²) < 4.78 is 35.3. The SMILES string of the molecule is CCc1nc(C(O)C(CC)NC(=O)[C@H](CS(=O)(=O)CC2CC2)NC(=O)OC(C)(C)C)no1. The van der Waals surface area contributed by atoms with Crippen molar-refractivity contribution in [1.82, 2.24) is 20.8 Å². The van der Waals surface area contributed by atoms with Gasteiger partial charge in [0.15, 0.2) is 9.84 Å². The third-order valence-corrected chi connectivity index (χ3v) is 6.63. The van der Waals surface area contributed by atoms with Crippen LogP contribution in [0.4, 0.5) is 4.79 Å². The smallest absolute Gasteiger partial charge is 0.408 e. The molecule has 1 fully saturated rings. The number of sulfone groups is 1. The third-order valence-electron chi connectivity index (χ3n) is 4.81. The fourth-order valence-electron chi connectivity index (χ4n) is 3.00. The van der Waals surface area contributed by atoms with Crippen LogP contribution in [0.15, 0.2) is 4.52 Å². The molecule has 182 valence electrons. The predicted molar refractivity (Wildman–Crippen MR) is 115 cm³/mol. The summed E-state index contributed by atoms with van der Waals surface area (Å²) in [4.78, 5) is 29.3. The fraction of sp³-hybridized carbons (Fsp3) is 0.800. The summed E-state index contributed by atoms with van der Waals surface area (Å²) in [6.07, 6.45) is 0.297. The molecule has 2 amide bonds. The molecule has 0 bridgehead atoms. The molecule has 1 aromatic heterocycles. The zero-order chi connectivity index (χ0) is 24.1. The van der Waals surface area contributed by atoms with E-state index in [9.17, 15) is 23.1 Å². The molecule has 0 saturated heterocycles. The van der Waals surface area contributed by atoms with Crippen molar-refractivity contribution < 1.29 is 32.4 Å². The van der Waals surface area contributed by atoms with E-state index in [2.05, 4.69) is 20.8 Å². The highest BCUT2D eigenvalue weighted by Gasteiger charge is 2.35. The molecule has 1 saturated carbocycles. The maximum Gasteiger partial charge on any atom is 0.408 e. The van der Waals surface area contributed by atoms with E-state index in [0.717, 1.165) is 12.8 Å². The second-order valence-corrected chi connectivity index (χ2v) is 11.2. The Balaban J connectivity index is 2.13. The third kappa shape index (κ3) is 8.38. The molecule has 0 spiro atoms. The van der Waals surface area contributed by atoms with Crippen molar-refractivity contribution >= 4 is 21.8 Å². The molecule has 1 aliphatic rings. The summed E-state index contributed by atoms with van der Waals surface area (Å²) in [6.45, 7) is 8.52. The topological polar surface area (TPSA) is 161 Å². The number of alkyl carbamates (subject to hydrolysis) is 1. The van der Waals surface area contributed by atoms with Crippen LogP contribution in [0.1, 0.15) is 71.7 Å². The van der Waals surface area contributed by atoms with E-state index in [-0.39, 0.29) is 17.5 Å². The van der Waals surface area contributed by atoms with Crippen LogP contribution in [-0.4, -0.2) is 64.9 Å². The van der Waals surface area contributed by atoms with Crippen LogP contribution in [-0.2, 0) is 25.8 Å². The second kappa shape index (κ2) is 10.6. The predicted octanol–water partition coefficient (Wildman–Crippen LogP) is 1.28. The highest BCUT2D eigenvalue weighted by Crippen LogP contribution is 2.30. The van der Waals surface area contributed by atoms with E-state index in [1.807, 2.05) is 6.92 Å². The normalized spacial score (nSPS) is 17.3. The second-order valence-electron chi connectivity index (χ2n) is 9.09. The molecule has 32 heavy (non-hydrogen) atoms. The Morgan fingerprint density at radius 2 is 1.91 bits per heavy atom. The summed E-state index contributed by atoms with van der Waals surface area (Å²) in [5, 5.41) is 19.3. The molecule has 1 aliphatic carbocycles. The molecule has 1 heterocycles. The summed E-state index contributed by atoms with van der Waals surface area (Å²) in [6, 6.07) is -2.20. The first-order valence-electron chi connectivity index (χ1n) is 10.8. The van der Waals surface area contributed by atoms with E-state index in [1.54, 1.807) is 27.7 Å². The van der Waals surface area contributed by atoms with Crippen molar-refractivity contribution in [3.8, 4) is 0 Å². The Hall–Kier alpha value is -2.21. The van der Waals surface area contributed by atoms with E-state index in [1.165, 1.54) is 0 Å². The summed E-state index contributed by atoms with van der Waals surface area (Å²) in [5.41, 5.74) is -0.824. The maximum atomic E-state index is 13.0. The minimum atomic E-state index is -3.60. The van der Waals surface area contributed by atoms with Crippen molar-refractivity contribution in [2.45, 2.75) is 84.1 Å². The van der Waals surface area contributed by atoms with Crippen LogP contribution >= 0.6 is 0 Å². The average molecular weight is 475 g/mol. The molecule has 11 nitrogen and oxygen atoms in total. The quantitative estimate of drug-likeness (QED) is 0.429. The van der Waals surface area contributed by atoms with Crippen LogP contribution in [0.2, 0.25) is 0 Å². The van der Waals surface area contributed by atoms with Crippen LogP contribution in [0.3, 0.4) is 0 Å². The Bertz CT molecular complexity index is 890. The van der Waals surface area contributed by atoms with Crippen molar-refractivity contribution in [2.75, 3.05) is 11.5 Å². The number of amides is 2. The van der Waals surface area contributed by atoms with Crippen LogP contribution in [0.25, 0.3) is 0 Å². The van der Waals surface area contributed by atoms with Gasteiger partial charge in [0.25, 0.3) is 0 Å². The number of nitrogens with one attached hydrogen (secondary N) is 2. The lowest BCUT2D eigenvalue weighted by molar-refractivity contribution is -0.124. The zero-order valence-electron chi connectivity index (χ0n) is 19.3. The Labute approximate surface area is 188 Å². The number of hydrogen-bond acceptors (Lipinski definition) is 9. The van der Waals surface area contributed by atoms with Gasteiger partial charge in [-0.05, 0) is 46.0 Å². The van der Waals surface area contributed by atoms with E-state index < -0.39 is 51.4 Å². The number of aliphatic hydroxyl groups is 1. The number of nitrogens with zero attached hydrogens (tertiary/aromatic N) is 2. The molecular formula is C20H34N4O7S. The standard InChI is InChI=1S/C20H34N4O7S/c1-6-13(16(25)17-23-15(7-2)31-24-17)21-18(26)14(22-19(27)30-20(3,4)5)11-32(28,29)10-12-8-9-12/h12-14,16,25H,6-11H2,1-5H3,(H,21,26)(H,22,27)/t13?,14-,16?/m0/s1. The average Bonchev–Trinajstić information content (AvgIpc) is 3.33. The van der Waals surface area contributed by atoms with Gasteiger partial charge in [0, 0.05) is 6.42 Å². The molecule has 12 heteroatoms. The minimum absolute atomic E-state index is 0.0204. The van der Waals surface area contributed by atoms with Crippen molar-refractivity contribution in [2.24, 2.45) is 5.92 Å². The molecule has 0 aliphatic heterocycles. The Kier molecular flexibility index (Phi) is 8.63. The van der Waals surface area contributed by atoms with E-state index >= 15 is 0 Å². The number of hydrogen-bond donors (Lipinski definition) is 3. The van der Waals surface area contributed by atoms with Crippen LogP contribution in [0.5, 0.6) is 0 Å². The molecule has 0 radical (unpaired) electrons. The number of carbonyl (C=O) groups is 2. The van der Waals surface area contributed by atoms with Gasteiger partial charge >= 0.3 is 6.09 Å². The Morgan fingerprint density at radius 1 is 1.25 bits per heavy atom. The fourth-order valence-corrected chi connectivity index (χ4v) is 4.93. The number of aliphatic hydroxyl groups excluding tert-OH is 1. The van der Waals surface area contributed by atoms with Crippen LogP contribution in [0, 0.1) is 5.92 Å². The largest absolute Gasteiger partial charge is 0.444 e. The first-order chi connectivity index (χ1) is 14.8. The lowest BCUT2D eigenvalue weighted by Crippen LogP contribution is -2.54. The Morgan fingerprint density at radius 3 is 2.41 bits per heavy atom. The molecule has 1 aromatic rings. The number of ether oxygens (including phenoxy) is 1. The number of aryl methyl sites for hydroxylation is 1. The summed E-state index contributed by atoms with van der Waals surface area (Å²) >= 11 is 0. The van der Waals surface area contributed by atoms with E-state index in [0.29, 0.717) is 18.7 Å². The number of carbonyl (C=O) groups excluding carboxylic acids is 2. The number of aromatic nitrogens is 2. The zero-order valence-corrected chi connectivity index (χ0v) is 20.1. The van der Waals surface area contributed by atoms with Crippen LogP contribution < -0.4 is 10.6 Å². The highest BCUT2D eigenvalue weighted by molar-refractivity contribution is 7.91. The number of rotatable bonds is 11. The van der Waals surface area contributed by atoms with Gasteiger partial charge in [-0.3, -0.25) is 4.79 Å². The van der Waals surface area contributed by atoms with Crippen molar-refractivity contribution in [3.63, 3.8) is 0 Å². The summed E-state index contributed by atoms with van der Waals surface area (Å²) in [7, 11) is -3.60. The highest BCUT2D eigenvalue weighted by atomic mass is 32.2. The minimum Gasteiger partial charge on any atom is -0.444 e. The first-order valence-corrected chi connectivity index (χ1v) is 12.7. The first kappa shape index (κ1) is 26.0. The van der Waals surface area contributed by atoms with Gasteiger partial charge < -0.3 is 25.0 Å². The van der Waals surface area contributed by atoms with Gasteiger partial charge in [0.1, 0.15) is 17.7 Å².